The van der Waals surface area contributed by atoms with E-state index in [0.717, 1.165) is 18.8 Å². The van der Waals surface area contributed by atoms with Gasteiger partial charge in [-0.3, -0.25) is 4.90 Å². The smallest absolute Gasteiger partial charge is 0.0678 e. The molecule has 0 aromatic heterocycles. The highest BCUT2D eigenvalue weighted by molar-refractivity contribution is 7.80. The highest BCUT2D eigenvalue weighted by Crippen LogP contribution is 2.37. The van der Waals surface area contributed by atoms with Crippen LogP contribution in [0.4, 0.5) is 0 Å². The minimum Gasteiger partial charge on any atom is -0.373 e. The van der Waals surface area contributed by atoms with E-state index in [-0.39, 0.29) is 0 Å². The molecule has 0 aromatic carbocycles. The summed E-state index contributed by atoms with van der Waals surface area (Å²) in [6.45, 7) is 7.82. The van der Waals surface area contributed by atoms with Gasteiger partial charge in [-0.25, -0.2) is 0 Å². The first-order valence-electron chi connectivity index (χ1n) is 7.62. The molecule has 1 saturated heterocycles. The molecule has 3 heteroatoms. The Labute approximate surface area is 118 Å². The van der Waals surface area contributed by atoms with E-state index in [9.17, 15) is 0 Å². The summed E-state index contributed by atoms with van der Waals surface area (Å²) in [7, 11) is 0. The number of thiol groups is 1. The largest absolute Gasteiger partial charge is 0.373 e. The summed E-state index contributed by atoms with van der Waals surface area (Å²) in [4.78, 5) is 2.63. The molecule has 0 bridgehead atoms. The Bertz CT molecular complexity index is 241. The Hall–Kier alpha value is 0.270. The molecule has 0 unspecified atom stereocenters. The maximum Gasteiger partial charge on any atom is 0.0678 e. The van der Waals surface area contributed by atoms with Crippen LogP contribution < -0.4 is 0 Å². The molecule has 2 atom stereocenters. The molecule has 0 N–H and O–H groups in total. The van der Waals surface area contributed by atoms with Crippen molar-refractivity contribution in [1.29, 1.82) is 0 Å². The zero-order valence-electron chi connectivity index (χ0n) is 12.0. The van der Waals surface area contributed by atoms with Crippen molar-refractivity contribution < 1.29 is 4.74 Å². The summed E-state index contributed by atoms with van der Waals surface area (Å²) in [5.74, 6) is 1.05. The van der Waals surface area contributed by atoms with Crippen LogP contribution in [-0.2, 0) is 4.74 Å². The Balaban J connectivity index is 1.95. The number of morpholine rings is 1. The predicted molar refractivity (Wildman–Crippen MR) is 80.4 cm³/mol. The minimum atomic E-state index is 0.386. The topological polar surface area (TPSA) is 12.5 Å². The molecule has 106 valence electrons. The molecule has 0 spiro atoms. The van der Waals surface area contributed by atoms with Crippen LogP contribution in [0.3, 0.4) is 0 Å². The summed E-state index contributed by atoms with van der Waals surface area (Å²) in [5.41, 5.74) is 0.469. The van der Waals surface area contributed by atoms with E-state index in [4.69, 9.17) is 4.74 Å². The highest BCUT2D eigenvalue weighted by Gasteiger charge is 2.34. The molecule has 1 saturated carbocycles. The van der Waals surface area contributed by atoms with Crippen molar-refractivity contribution in [2.75, 3.05) is 25.4 Å². The van der Waals surface area contributed by atoms with Crippen molar-refractivity contribution in [3.05, 3.63) is 0 Å². The second-order valence-electron chi connectivity index (χ2n) is 6.52. The van der Waals surface area contributed by atoms with Crippen molar-refractivity contribution in [3.63, 3.8) is 0 Å². The molecule has 1 aliphatic heterocycles. The molecule has 1 heterocycles. The first kappa shape index (κ1) is 14.7. The lowest BCUT2D eigenvalue weighted by molar-refractivity contribution is -0.0772. The number of nitrogens with zero attached hydrogens (tertiary/aromatic N) is 1. The lowest BCUT2D eigenvalue weighted by Gasteiger charge is -2.42. The third-order valence-electron chi connectivity index (χ3n) is 4.55. The van der Waals surface area contributed by atoms with Crippen molar-refractivity contribution in [3.8, 4) is 0 Å². The van der Waals surface area contributed by atoms with Crippen LogP contribution in [0.25, 0.3) is 0 Å². The van der Waals surface area contributed by atoms with Gasteiger partial charge in [0, 0.05) is 19.6 Å². The van der Waals surface area contributed by atoms with Crippen molar-refractivity contribution in [2.24, 2.45) is 5.41 Å². The third-order valence-corrected chi connectivity index (χ3v) is 5.22. The molecule has 0 aromatic rings. The molecule has 2 aliphatic rings. The lowest BCUT2D eigenvalue weighted by atomic mass is 9.81. The molecule has 18 heavy (non-hydrogen) atoms. The summed E-state index contributed by atoms with van der Waals surface area (Å²) in [5, 5.41) is 0. The molecule has 2 rings (SSSR count). The zero-order chi connectivity index (χ0) is 13.0. The maximum absolute atomic E-state index is 5.84. The normalized spacial score (nSPS) is 34.2. The van der Waals surface area contributed by atoms with Gasteiger partial charge in [-0.1, -0.05) is 25.7 Å². The van der Waals surface area contributed by atoms with Gasteiger partial charge >= 0.3 is 0 Å². The Morgan fingerprint density at radius 1 is 1.06 bits per heavy atom. The van der Waals surface area contributed by atoms with Crippen LogP contribution in [0.1, 0.15) is 52.4 Å². The minimum absolute atomic E-state index is 0.386. The number of hydrogen-bond donors (Lipinski definition) is 1. The lowest BCUT2D eigenvalue weighted by Crippen LogP contribution is -2.50. The summed E-state index contributed by atoms with van der Waals surface area (Å²) >= 11 is 4.68. The van der Waals surface area contributed by atoms with E-state index in [1.807, 2.05) is 0 Å². The van der Waals surface area contributed by atoms with Crippen LogP contribution in [0.15, 0.2) is 0 Å². The van der Waals surface area contributed by atoms with Gasteiger partial charge in [0.1, 0.15) is 0 Å². The monoisotopic (exact) mass is 271 g/mol. The van der Waals surface area contributed by atoms with E-state index >= 15 is 0 Å². The molecule has 2 nitrogen and oxygen atoms in total. The summed E-state index contributed by atoms with van der Waals surface area (Å²) in [6, 6.07) is 0. The van der Waals surface area contributed by atoms with Gasteiger partial charge in [-0.05, 0) is 37.9 Å². The fraction of sp³-hybridized carbons (Fsp3) is 1.00. The zero-order valence-corrected chi connectivity index (χ0v) is 12.9. The quantitative estimate of drug-likeness (QED) is 0.624. The van der Waals surface area contributed by atoms with Gasteiger partial charge in [-0.15, -0.1) is 0 Å². The first-order chi connectivity index (χ1) is 8.63. The molecular formula is C15H29NOS. The maximum atomic E-state index is 5.84. The van der Waals surface area contributed by atoms with Gasteiger partial charge in [0.15, 0.2) is 0 Å². The standard InChI is InChI=1S/C15H29NOS/c1-13-9-16(10-14(2)17-13)11-15(12-18)7-5-3-4-6-8-15/h13-14,18H,3-12H2,1-2H3/t13-,14+. The second kappa shape index (κ2) is 6.62. The first-order valence-corrected chi connectivity index (χ1v) is 8.25. The van der Waals surface area contributed by atoms with Gasteiger partial charge in [0.2, 0.25) is 0 Å². The fourth-order valence-electron chi connectivity index (χ4n) is 3.73. The van der Waals surface area contributed by atoms with E-state index in [1.165, 1.54) is 45.1 Å². The van der Waals surface area contributed by atoms with Crippen molar-refractivity contribution in [1.82, 2.24) is 4.90 Å². The molecule has 2 fully saturated rings. The predicted octanol–water partition coefficient (Wildman–Crippen LogP) is 3.37. The van der Waals surface area contributed by atoms with Crippen molar-refractivity contribution >= 4 is 12.6 Å². The third kappa shape index (κ3) is 3.88. The molecule has 0 amide bonds. The Morgan fingerprint density at radius 3 is 2.11 bits per heavy atom. The molecule has 0 radical (unpaired) electrons. The van der Waals surface area contributed by atoms with Crippen LogP contribution in [-0.4, -0.2) is 42.5 Å². The van der Waals surface area contributed by atoms with Crippen LogP contribution in [0, 0.1) is 5.41 Å². The second-order valence-corrected chi connectivity index (χ2v) is 6.84. The Morgan fingerprint density at radius 2 is 1.61 bits per heavy atom. The number of hydrogen-bond acceptors (Lipinski definition) is 3. The van der Waals surface area contributed by atoms with Gasteiger partial charge in [0.05, 0.1) is 12.2 Å². The van der Waals surface area contributed by atoms with Gasteiger partial charge in [0.25, 0.3) is 0 Å². The molecule has 1 aliphatic carbocycles. The van der Waals surface area contributed by atoms with Gasteiger partial charge in [-0.2, -0.15) is 12.6 Å². The van der Waals surface area contributed by atoms with E-state index in [0.29, 0.717) is 17.6 Å². The SMILES string of the molecule is C[C@@H]1CN(CC2(CS)CCCCCC2)C[C@H](C)O1. The number of rotatable bonds is 3. The van der Waals surface area contributed by atoms with Gasteiger partial charge < -0.3 is 4.74 Å². The fourth-order valence-corrected chi connectivity index (χ4v) is 4.15. The molecular weight excluding hydrogens is 242 g/mol. The average Bonchev–Trinajstić information content (AvgIpc) is 2.54. The average molecular weight is 271 g/mol. The van der Waals surface area contributed by atoms with E-state index in [2.05, 4.69) is 31.4 Å². The highest BCUT2D eigenvalue weighted by atomic mass is 32.1. The van der Waals surface area contributed by atoms with Crippen LogP contribution in [0.5, 0.6) is 0 Å². The Kier molecular flexibility index (Phi) is 5.40. The van der Waals surface area contributed by atoms with Crippen LogP contribution >= 0.6 is 12.6 Å². The van der Waals surface area contributed by atoms with E-state index in [1.54, 1.807) is 0 Å². The van der Waals surface area contributed by atoms with Crippen LogP contribution in [0.2, 0.25) is 0 Å². The summed E-state index contributed by atoms with van der Waals surface area (Å²) < 4.78 is 5.84. The van der Waals surface area contributed by atoms with E-state index < -0.39 is 0 Å². The van der Waals surface area contributed by atoms with Crippen molar-refractivity contribution in [2.45, 2.75) is 64.6 Å². The summed E-state index contributed by atoms with van der Waals surface area (Å²) in [6.07, 6.45) is 9.16. The number of ether oxygens (including phenoxy) is 1.